The van der Waals surface area contributed by atoms with Gasteiger partial charge in [0.25, 0.3) is 0 Å². The van der Waals surface area contributed by atoms with Gasteiger partial charge in [-0.1, -0.05) is 18.2 Å². The summed E-state index contributed by atoms with van der Waals surface area (Å²) in [6.07, 6.45) is 4.65. The van der Waals surface area contributed by atoms with Crippen LogP contribution in [0.15, 0.2) is 46.1 Å². The summed E-state index contributed by atoms with van der Waals surface area (Å²) in [5.74, 6) is -10.9. The number of rotatable bonds is 14. The highest BCUT2D eigenvalue weighted by atomic mass is 16.6. The quantitative estimate of drug-likeness (QED) is 0.154. The Morgan fingerprint density at radius 1 is 0.587 bits per heavy atom. The maximum Gasteiger partial charge on any atom is 0.339 e. The van der Waals surface area contributed by atoms with E-state index in [0.29, 0.717) is 0 Å². The van der Waals surface area contributed by atoms with E-state index in [4.69, 9.17) is 33.2 Å². The van der Waals surface area contributed by atoms with E-state index in [1.54, 1.807) is 46.8 Å². The van der Waals surface area contributed by atoms with Gasteiger partial charge in [-0.3, -0.25) is 4.79 Å². The smallest absolute Gasteiger partial charge is 0.339 e. The Labute approximate surface area is 267 Å². The number of allylic oxidation sites excluding steroid dienone is 1. The van der Waals surface area contributed by atoms with E-state index >= 15 is 0 Å². The molecule has 13 nitrogen and oxygen atoms in total. The van der Waals surface area contributed by atoms with Crippen LogP contribution in [0.5, 0.6) is 0 Å². The Bertz CT molecular complexity index is 1370. The molecule has 0 radical (unpaired) electrons. The minimum Gasteiger partial charge on any atom is -0.466 e. The number of hydrogen-bond acceptors (Lipinski definition) is 13. The molecule has 0 heterocycles. The van der Waals surface area contributed by atoms with E-state index in [2.05, 4.69) is 0 Å². The highest BCUT2D eigenvalue weighted by Gasteiger charge is 2.66. The van der Waals surface area contributed by atoms with Gasteiger partial charge in [0, 0.05) is 29.9 Å². The molecule has 0 aromatic carbocycles. The van der Waals surface area contributed by atoms with Crippen molar-refractivity contribution in [3.8, 4) is 0 Å². The predicted octanol–water partition coefficient (Wildman–Crippen LogP) is 2.72. The second kappa shape index (κ2) is 15.8. The number of esters is 6. The molecule has 0 amide bonds. The zero-order valence-electron chi connectivity index (χ0n) is 27.3. The summed E-state index contributed by atoms with van der Waals surface area (Å²) in [5.41, 5.74) is -4.05. The standard InChI is InChI=1S/C33H42O13/c1-8-40-27(34)20-17-18-15-16-19(21(20)28(35)41-9-2)25-23(30(37)43-11-4)22(29(36)42-10-3)24(31(38)44-12-5)26(32(39)45-13-6)33(18,25)46-14-7/h15-19,21,25H,8-14H2,1-7H3/t18-,19+,21+,25-,33+/m1/s1. The Kier molecular flexibility index (Phi) is 12.5. The van der Waals surface area contributed by atoms with E-state index in [-0.39, 0.29) is 57.4 Å². The fraction of sp³-hybridized carbons (Fsp3) is 0.576. The number of carbonyl (C=O) groups is 6. The normalized spacial score (nSPS) is 24.7. The SMILES string of the molecule is CCOC(=O)C1=C[C@H]2C=C[C@@H]([C@@H]1C(=O)OCC)[C@@H]1C(C(=O)OCC)=C(C(=O)OCC)C(C(=O)OCC)=C(C(=O)OCC)[C@]21OCC. The minimum atomic E-state index is -1.99. The highest BCUT2D eigenvalue weighted by Crippen LogP contribution is 2.59. The molecule has 0 aliphatic heterocycles. The van der Waals surface area contributed by atoms with E-state index < -0.39 is 81.8 Å². The van der Waals surface area contributed by atoms with Crippen LogP contribution in [0.1, 0.15) is 48.5 Å². The van der Waals surface area contributed by atoms with Gasteiger partial charge < -0.3 is 33.2 Å². The van der Waals surface area contributed by atoms with Gasteiger partial charge in [-0.15, -0.1) is 0 Å². The van der Waals surface area contributed by atoms with E-state index in [1.165, 1.54) is 19.9 Å². The molecule has 4 rings (SSSR count). The zero-order valence-corrected chi connectivity index (χ0v) is 27.3. The third-order valence-corrected chi connectivity index (χ3v) is 7.80. The first-order valence-electron chi connectivity index (χ1n) is 15.6. The van der Waals surface area contributed by atoms with Crippen LogP contribution in [-0.4, -0.2) is 87.7 Å². The summed E-state index contributed by atoms with van der Waals surface area (Å²) in [4.78, 5) is 83.1. The lowest BCUT2D eigenvalue weighted by Gasteiger charge is -2.52. The van der Waals surface area contributed by atoms with Gasteiger partial charge in [-0.05, 0) is 48.5 Å². The fourth-order valence-electron chi connectivity index (χ4n) is 6.47. The molecule has 0 aromatic rings. The van der Waals surface area contributed by atoms with Crippen LogP contribution in [-0.2, 0) is 61.9 Å². The van der Waals surface area contributed by atoms with Crippen LogP contribution in [0.25, 0.3) is 0 Å². The van der Waals surface area contributed by atoms with Crippen LogP contribution in [0, 0.1) is 23.7 Å². The number of fused-ring (bicyclic) bond motifs is 1. The Hall–Kier alpha value is -4.26. The molecule has 0 saturated carbocycles. The lowest BCUT2D eigenvalue weighted by Crippen LogP contribution is -2.59. The van der Waals surface area contributed by atoms with Gasteiger partial charge in [0.1, 0.15) is 5.60 Å². The van der Waals surface area contributed by atoms with Crippen molar-refractivity contribution in [1.82, 2.24) is 0 Å². The van der Waals surface area contributed by atoms with Crippen molar-refractivity contribution in [3.05, 3.63) is 46.1 Å². The van der Waals surface area contributed by atoms with Crippen molar-refractivity contribution >= 4 is 35.8 Å². The maximum atomic E-state index is 14.1. The average molecular weight is 647 g/mol. The maximum absolute atomic E-state index is 14.1. The van der Waals surface area contributed by atoms with Gasteiger partial charge in [0.15, 0.2) is 0 Å². The summed E-state index contributed by atoms with van der Waals surface area (Å²) < 4.78 is 38.8. The molecule has 4 aliphatic carbocycles. The average Bonchev–Trinajstić information content (AvgIpc) is 3.27. The van der Waals surface area contributed by atoms with Crippen molar-refractivity contribution in [2.45, 2.75) is 54.1 Å². The highest BCUT2D eigenvalue weighted by molar-refractivity contribution is 6.18. The van der Waals surface area contributed by atoms with Crippen molar-refractivity contribution in [2.24, 2.45) is 23.7 Å². The lowest BCUT2D eigenvalue weighted by molar-refractivity contribution is -0.158. The third kappa shape index (κ3) is 6.37. The Morgan fingerprint density at radius 3 is 1.63 bits per heavy atom. The number of carbonyl (C=O) groups excluding carboxylic acids is 6. The Morgan fingerprint density at radius 2 is 1.09 bits per heavy atom. The minimum absolute atomic E-state index is 0.0174. The lowest BCUT2D eigenvalue weighted by atomic mass is 9.56. The predicted molar refractivity (Wildman–Crippen MR) is 159 cm³/mol. The molecular weight excluding hydrogens is 604 g/mol. The molecule has 0 N–H and O–H groups in total. The first kappa shape index (κ1) is 36.2. The molecular formula is C33H42O13. The van der Waals surface area contributed by atoms with Crippen LogP contribution < -0.4 is 0 Å². The largest absolute Gasteiger partial charge is 0.466 e. The van der Waals surface area contributed by atoms with Crippen LogP contribution >= 0.6 is 0 Å². The van der Waals surface area contributed by atoms with E-state index in [0.717, 1.165) is 0 Å². The summed E-state index contributed by atoms with van der Waals surface area (Å²) in [7, 11) is 0. The van der Waals surface area contributed by atoms with Gasteiger partial charge >= 0.3 is 35.8 Å². The van der Waals surface area contributed by atoms with Crippen molar-refractivity contribution in [1.29, 1.82) is 0 Å². The van der Waals surface area contributed by atoms with Crippen molar-refractivity contribution < 1.29 is 61.9 Å². The summed E-state index contributed by atoms with van der Waals surface area (Å²) in [5, 5.41) is 0. The topological polar surface area (TPSA) is 167 Å². The first-order chi connectivity index (χ1) is 22.0. The molecule has 252 valence electrons. The first-order valence-corrected chi connectivity index (χ1v) is 15.6. The van der Waals surface area contributed by atoms with Crippen LogP contribution in [0.4, 0.5) is 0 Å². The second-order valence-electron chi connectivity index (χ2n) is 10.2. The molecule has 0 aromatic heterocycles. The monoisotopic (exact) mass is 646 g/mol. The molecule has 2 bridgehead atoms. The summed E-state index contributed by atoms with van der Waals surface area (Å²) >= 11 is 0. The molecule has 5 atom stereocenters. The third-order valence-electron chi connectivity index (χ3n) is 7.80. The van der Waals surface area contributed by atoms with Crippen molar-refractivity contribution in [3.63, 3.8) is 0 Å². The molecule has 4 aliphatic rings. The number of ether oxygens (including phenoxy) is 7. The van der Waals surface area contributed by atoms with E-state index in [9.17, 15) is 28.8 Å². The fourth-order valence-corrected chi connectivity index (χ4v) is 6.47. The van der Waals surface area contributed by atoms with Gasteiger partial charge in [0.2, 0.25) is 0 Å². The second-order valence-corrected chi connectivity index (χ2v) is 10.2. The zero-order chi connectivity index (χ0) is 34.2. The molecule has 13 heteroatoms. The van der Waals surface area contributed by atoms with Crippen LogP contribution in [0.2, 0.25) is 0 Å². The molecule has 0 spiro atoms. The van der Waals surface area contributed by atoms with E-state index in [1.807, 2.05) is 0 Å². The van der Waals surface area contributed by atoms with Crippen molar-refractivity contribution in [2.75, 3.05) is 46.2 Å². The molecule has 0 saturated heterocycles. The van der Waals surface area contributed by atoms with Gasteiger partial charge in [0.05, 0.1) is 67.9 Å². The summed E-state index contributed by atoms with van der Waals surface area (Å²) in [6, 6.07) is 0. The van der Waals surface area contributed by atoms with Gasteiger partial charge in [-0.25, -0.2) is 24.0 Å². The van der Waals surface area contributed by atoms with Gasteiger partial charge in [-0.2, -0.15) is 0 Å². The van der Waals surface area contributed by atoms with Crippen LogP contribution in [0.3, 0.4) is 0 Å². The molecule has 0 fully saturated rings. The molecule has 0 unspecified atom stereocenters. The number of hydrogen-bond donors (Lipinski definition) is 0. The molecule has 46 heavy (non-hydrogen) atoms. The Balaban J connectivity index is 2.68. The summed E-state index contributed by atoms with van der Waals surface area (Å²) in [6.45, 7) is 10.3.